The number of hydrogen-bond donors (Lipinski definition) is 2. The van der Waals surface area contributed by atoms with Gasteiger partial charge in [-0.2, -0.15) is 0 Å². The number of carbonyl (C=O) groups excluding carboxylic acids is 3. The van der Waals surface area contributed by atoms with Crippen LogP contribution in [0.15, 0.2) is 108 Å². The Morgan fingerprint density at radius 3 is 2.22 bits per heavy atom. The van der Waals surface area contributed by atoms with E-state index in [0.717, 1.165) is 16.1 Å². The Kier molecular flexibility index (Phi) is 10.2. The first-order valence-corrected chi connectivity index (χ1v) is 14.3. The maximum absolute atomic E-state index is 13.4. The zero-order chi connectivity index (χ0) is 29.4. The molecule has 0 aliphatic heterocycles. The normalized spacial score (nSPS) is 11.1. The summed E-state index contributed by atoms with van der Waals surface area (Å²) in [6.45, 7) is 0. The average Bonchev–Trinajstić information content (AvgIpc) is 2.97. The van der Waals surface area contributed by atoms with Gasteiger partial charge in [0.05, 0.1) is 15.8 Å². The minimum absolute atomic E-state index is 0.0873. The average molecular weight is 605 g/mol. The Labute approximate surface area is 253 Å². The van der Waals surface area contributed by atoms with Crippen LogP contribution in [0.25, 0.3) is 6.08 Å². The second kappa shape index (κ2) is 14.0. The van der Waals surface area contributed by atoms with E-state index < -0.39 is 11.8 Å². The molecule has 0 aromatic heterocycles. The van der Waals surface area contributed by atoms with Crippen LogP contribution < -0.4 is 15.5 Å². The highest BCUT2D eigenvalue weighted by Gasteiger charge is 2.16. The number of amides is 2. The Balaban J connectivity index is 1.50. The minimum Gasteiger partial charge on any atom is -0.378 e. The van der Waals surface area contributed by atoms with Gasteiger partial charge >= 0.3 is 0 Å². The Morgan fingerprint density at radius 2 is 1.54 bits per heavy atom. The quantitative estimate of drug-likeness (QED) is 0.112. The van der Waals surface area contributed by atoms with Crippen molar-refractivity contribution >= 4 is 70.0 Å². The summed E-state index contributed by atoms with van der Waals surface area (Å²) in [6, 6.07) is 28.2. The molecule has 4 rings (SSSR count). The Bertz CT molecular complexity index is 1590. The number of ketones is 1. The topological polar surface area (TPSA) is 78.5 Å². The number of thioether (sulfide) groups is 1. The molecule has 0 spiro atoms. The zero-order valence-electron chi connectivity index (χ0n) is 22.4. The van der Waals surface area contributed by atoms with Gasteiger partial charge in [0.15, 0.2) is 5.78 Å². The highest BCUT2D eigenvalue weighted by Crippen LogP contribution is 2.26. The number of Topliss-reactive ketones (excluding diaryl/α,β-unsaturated/α-hetero) is 1. The van der Waals surface area contributed by atoms with Crippen molar-refractivity contribution in [3.63, 3.8) is 0 Å². The summed E-state index contributed by atoms with van der Waals surface area (Å²) in [5.41, 5.74) is 3.26. The highest BCUT2D eigenvalue weighted by molar-refractivity contribution is 8.00. The molecule has 0 unspecified atom stereocenters. The van der Waals surface area contributed by atoms with Crippen molar-refractivity contribution in [2.45, 2.75) is 4.90 Å². The summed E-state index contributed by atoms with van der Waals surface area (Å²) in [4.78, 5) is 41.7. The largest absolute Gasteiger partial charge is 0.378 e. The second-order valence-electron chi connectivity index (χ2n) is 9.19. The smallest absolute Gasteiger partial charge is 0.272 e. The van der Waals surface area contributed by atoms with E-state index in [-0.39, 0.29) is 17.2 Å². The molecule has 0 atom stereocenters. The monoisotopic (exact) mass is 603 g/mol. The number of anilines is 2. The predicted octanol–water partition coefficient (Wildman–Crippen LogP) is 7.44. The maximum atomic E-state index is 13.4. The van der Waals surface area contributed by atoms with Crippen LogP contribution in [-0.2, 0) is 4.79 Å². The second-order valence-corrected chi connectivity index (χ2v) is 11.0. The molecule has 41 heavy (non-hydrogen) atoms. The molecular weight excluding hydrogens is 577 g/mol. The Hall–Kier alpha value is -4.04. The van der Waals surface area contributed by atoms with E-state index in [2.05, 4.69) is 10.6 Å². The lowest BCUT2D eigenvalue weighted by Gasteiger charge is -2.14. The first kappa shape index (κ1) is 29.9. The first-order valence-electron chi connectivity index (χ1n) is 12.6. The van der Waals surface area contributed by atoms with Gasteiger partial charge in [0.25, 0.3) is 11.8 Å². The molecule has 0 saturated heterocycles. The van der Waals surface area contributed by atoms with Crippen molar-refractivity contribution in [1.82, 2.24) is 5.32 Å². The first-order chi connectivity index (χ1) is 19.7. The molecule has 208 valence electrons. The minimum atomic E-state index is -0.486. The number of halogens is 2. The lowest BCUT2D eigenvalue weighted by Crippen LogP contribution is -2.30. The summed E-state index contributed by atoms with van der Waals surface area (Å²) in [6.07, 6.45) is 1.63. The molecule has 4 aromatic carbocycles. The van der Waals surface area contributed by atoms with Crippen LogP contribution in [0.1, 0.15) is 26.3 Å². The van der Waals surface area contributed by atoms with Crippen LogP contribution in [0.4, 0.5) is 11.4 Å². The van der Waals surface area contributed by atoms with E-state index in [1.807, 2.05) is 55.4 Å². The third-order valence-electron chi connectivity index (χ3n) is 5.95. The van der Waals surface area contributed by atoms with Crippen molar-refractivity contribution in [2.75, 3.05) is 30.1 Å². The third-order valence-corrected chi connectivity index (χ3v) is 7.69. The van der Waals surface area contributed by atoms with Gasteiger partial charge in [0.1, 0.15) is 5.70 Å². The Morgan fingerprint density at radius 1 is 0.805 bits per heavy atom. The van der Waals surface area contributed by atoms with Crippen molar-refractivity contribution in [3.8, 4) is 0 Å². The fourth-order valence-corrected chi connectivity index (χ4v) is 4.89. The zero-order valence-corrected chi connectivity index (χ0v) is 24.7. The van der Waals surface area contributed by atoms with Gasteiger partial charge in [-0.1, -0.05) is 59.6 Å². The molecule has 2 N–H and O–H groups in total. The standard InChI is InChI=1S/C32H27Cl2N3O3S/c1-37(2)25-14-11-21(12-15-25)17-29(36-31(39)22-7-4-3-5-8-22)32(40)35-24-9-6-10-26(19-24)41-20-30(38)23-13-16-27(33)28(34)18-23/h3-19H,20H2,1-2H3,(H,35,40)(H,36,39)/b29-17-. The van der Waals surface area contributed by atoms with Crippen LogP contribution in [0, 0.1) is 0 Å². The summed E-state index contributed by atoms with van der Waals surface area (Å²) in [5.74, 6) is -0.810. The van der Waals surface area contributed by atoms with Gasteiger partial charge in [0, 0.05) is 41.5 Å². The SMILES string of the molecule is CN(C)c1ccc(/C=C(\NC(=O)c2ccccc2)C(=O)Nc2cccc(SCC(=O)c3ccc(Cl)c(Cl)c3)c2)cc1. The summed E-state index contributed by atoms with van der Waals surface area (Å²) in [5, 5.41) is 6.32. The molecule has 6 nitrogen and oxygen atoms in total. The van der Waals surface area contributed by atoms with Crippen LogP contribution in [0.2, 0.25) is 10.0 Å². The summed E-state index contributed by atoms with van der Waals surface area (Å²) >= 11 is 13.3. The number of nitrogens with zero attached hydrogens (tertiary/aromatic N) is 1. The highest BCUT2D eigenvalue weighted by atomic mass is 35.5. The molecule has 0 saturated carbocycles. The van der Waals surface area contributed by atoms with E-state index in [9.17, 15) is 14.4 Å². The fourth-order valence-electron chi connectivity index (χ4n) is 3.74. The third kappa shape index (κ3) is 8.47. The van der Waals surface area contributed by atoms with Crippen LogP contribution in [0.5, 0.6) is 0 Å². The molecule has 0 aliphatic rings. The van der Waals surface area contributed by atoms with Gasteiger partial charge in [-0.25, -0.2) is 0 Å². The number of benzene rings is 4. The molecule has 4 aromatic rings. The number of rotatable bonds is 10. The molecule has 0 heterocycles. The van der Waals surface area contributed by atoms with Crippen molar-refractivity contribution < 1.29 is 14.4 Å². The van der Waals surface area contributed by atoms with Gasteiger partial charge in [-0.3, -0.25) is 14.4 Å². The molecule has 0 radical (unpaired) electrons. The van der Waals surface area contributed by atoms with Crippen LogP contribution >= 0.6 is 35.0 Å². The van der Waals surface area contributed by atoms with Crippen molar-refractivity contribution in [3.05, 3.63) is 129 Å². The molecule has 0 bridgehead atoms. The molecular formula is C32H27Cl2N3O3S. The number of carbonyl (C=O) groups is 3. The lowest BCUT2D eigenvalue weighted by atomic mass is 10.1. The fraction of sp³-hybridized carbons (Fsp3) is 0.0938. The van der Waals surface area contributed by atoms with E-state index in [1.54, 1.807) is 66.7 Å². The molecule has 0 aliphatic carbocycles. The maximum Gasteiger partial charge on any atom is 0.272 e. The molecule has 2 amide bonds. The summed E-state index contributed by atoms with van der Waals surface area (Å²) < 4.78 is 0. The van der Waals surface area contributed by atoms with E-state index in [1.165, 1.54) is 11.8 Å². The molecule has 9 heteroatoms. The summed E-state index contributed by atoms with van der Waals surface area (Å²) in [7, 11) is 3.89. The van der Waals surface area contributed by atoms with Crippen LogP contribution in [0.3, 0.4) is 0 Å². The van der Waals surface area contributed by atoms with Crippen molar-refractivity contribution in [2.24, 2.45) is 0 Å². The van der Waals surface area contributed by atoms with Crippen molar-refractivity contribution in [1.29, 1.82) is 0 Å². The van der Waals surface area contributed by atoms with E-state index in [0.29, 0.717) is 26.9 Å². The van der Waals surface area contributed by atoms with Gasteiger partial charge < -0.3 is 15.5 Å². The predicted molar refractivity (Wildman–Crippen MR) is 169 cm³/mol. The number of nitrogens with one attached hydrogen (secondary N) is 2. The van der Waals surface area contributed by atoms with Gasteiger partial charge in [0.2, 0.25) is 0 Å². The van der Waals surface area contributed by atoms with Gasteiger partial charge in [-0.15, -0.1) is 11.8 Å². The van der Waals surface area contributed by atoms with E-state index in [4.69, 9.17) is 23.2 Å². The lowest BCUT2D eigenvalue weighted by molar-refractivity contribution is -0.113. The number of hydrogen-bond acceptors (Lipinski definition) is 5. The van der Waals surface area contributed by atoms with Gasteiger partial charge in [-0.05, 0) is 72.3 Å². The van der Waals surface area contributed by atoms with Crippen LogP contribution in [-0.4, -0.2) is 37.4 Å². The van der Waals surface area contributed by atoms with E-state index >= 15 is 0 Å². The molecule has 0 fully saturated rings.